The number of hydrogen-bond acceptors (Lipinski definition) is 3. The van der Waals surface area contributed by atoms with Crippen molar-refractivity contribution in [2.24, 2.45) is 0 Å². The molecule has 2 aromatic rings. The summed E-state index contributed by atoms with van der Waals surface area (Å²) >= 11 is 1.86. The van der Waals surface area contributed by atoms with Crippen molar-refractivity contribution in [3.8, 4) is 10.4 Å². The van der Waals surface area contributed by atoms with Crippen molar-refractivity contribution in [2.75, 3.05) is 18.0 Å². The van der Waals surface area contributed by atoms with Gasteiger partial charge in [-0.1, -0.05) is 6.92 Å². The molecular formula is C18H24N2OS. The lowest BCUT2D eigenvalue weighted by atomic mass is 10.1. The number of aromatic nitrogens is 1. The largest absolute Gasteiger partial charge is 0.363 e. The molecule has 0 radical (unpaired) electrons. The highest BCUT2D eigenvalue weighted by Gasteiger charge is 2.17. The summed E-state index contributed by atoms with van der Waals surface area (Å²) in [7, 11) is 0. The number of nitrogens with zero attached hydrogens (tertiary/aromatic N) is 1. The molecule has 0 spiro atoms. The fourth-order valence-electron chi connectivity index (χ4n) is 3.17. The van der Waals surface area contributed by atoms with E-state index in [4.69, 9.17) is 0 Å². The average Bonchev–Trinajstić information content (AvgIpc) is 2.90. The standard InChI is InChI=1S/C18H24N2OS/c1-4-14-11-15(13(3)19-18(14)21)17-12(2)10-16(22-17)20-8-6-5-7-9-20/h10-11H,4-9H2,1-3H3,(H,19,21). The van der Waals surface area contributed by atoms with E-state index in [9.17, 15) is 4.79 Å². The van der Waals surface area contributed by atoms with E-state index >= 15 is 0 Å². The lowest BCUT2D eigenvalue weighted by molar-refractivity contribution is 0.580. The normalized spacial score (nSPS) is 15.3. The second kappa shape index (κ2) is 6.29. The Morgan fingerprint density at radius 3 is 2.59 bits per heavy atom. The van der Waals surface area contributed by atoms with Gasteiger partial charge in [0.1, 0.15) is 0 Å². The summed E-state index contributed by atoms with van der Waals surface area (Å²) < 4.78 is 0. The molecule has 1 aliphatic heterocycles. The third-order valence-electron chi connectivity index (χ3n) is 4.51. The number of anilines is 1. The van der Waals surface area contributed by atoms with Crippen molar-refractivity contribution in [1.82, 2.24) is 4.98 Å². The van der Waals surface area contributed by atoms with Gasteiger partial charge < -0.3 is 9.88 Å². The van der Waals surface area contributed by atoms with Crippen molar-refractivity contribution >= 4 is 16.3 Å². The highest BCUT2D eigenvalue weighted by Crippen LogP contribution is 2.39. The number of nitrogens with one attached hydrogen (secondary N) is 1. The van der Waals surface area contributed by atoms with Gasteiger partial charge >= 0.3 is 0 Å². The highest BCUT2D eigenvalue weighted by atomic mass is 32.1. The van der Waals surface area contributed by atoms with Crippen LogP contribution in [0.15, 0.2) is 16.9 Å². The summed E-state index contributed by atoms with van der Waals surface area (Å²) in [6.07, 6.45) is 4.71. The molecule has 1 saturated heterocycles. The molecule has 1 N–H and O–H groups in total. The summed E-state index contributed by atoms with van der Waals surface area (Å²) in [5.41, 5.74) is 4.38. The monoisotopic (exact) mass is 316 g/mol. The number of thiophene rings is 1. The lowest BCUT2D eigenvalue weighted by Crippen LogP contribution is -2.28. The first-order valence-electron chi connectivity index (χ1n) is 8.18. The van der Waals surface area contributed by atoms with E-state index in [1.807, 2.05) is 25.2 Å². The van der Waals surface area contributed by atoms with Gasteiger partial charge in [-0.15, -0.1) is 11.3 Å². The smallest absolute Gasteiger partial charge is 0.251 e. The molecule has 1 fully saturated rings. The van der Waals surface area contributed by atoms with Crippen LogP contribution in [0.3, 0.4) is 0 Å². The van der Waals surface area contributed by atoms with Crippen LogP contribution in [0.5, 0.6) is 0 Å². The number of H-pyrrole nitrogens is 1. The molecule has 3 rings (SSSR count). The molecule has 0 saturated carbocycles. The molecule has 0 bridgehead atoms. The molecule has 118 valence electrons. The predicted molar refractivity (Wildman–Crippen MR) is 95.3 cm³/mol. The van der Waals surface area contributed by atoms with E-state index in [2.05, 4.69) is 28.9 Å². The number of piperidine rings is 1. The number of rotatable bonds is 3. The van der Waals surface area contributed by atoms with Crippen LogP contribution < -0.4 is 10.5 Å². The maximum Gasteiger partial charge on any atom is 0.251 e. The van der Waals surface area contributed by atoms with Crippen LogP contribution in [-0.2, 0) is 6.42 Å². The minimum absolute atomic E-state index is 0.0502. The zero-order chi connectivity index (χ0) is 15.7. The molecule has 4 heteroatoms. The van der Waals surface area contributed by atoms with Crippen molar-refractivity contribution in [3.63, 3.8) is 0 Å². The van der Waals surface area contributed by atoms with Crippen molar-refractivity contribution < 1.29 is 0 Å². The first-order valence-corrected chi connectivity index (χ1v) is 9.00. The van der Waals surface area contributed by atoms with Gasteiger partial charge in [0, 0.05) is 34.8 Å². The topological polar surface area (TPSA) is 36.1 Å². The second-order valence-corrected chi connectivity index (χ2v) is 7.19. The van der Waals surface area contributed by atoms with Gasteiger partial charge in [-0.2, -0.15) is 0 Å². The van der Waals surface area contributed by atoms with Gasteiger partial charge in [0.25, 0.3) is 5.56 Å². The predicted octanol–water partition coefficient (Wildman–Crippen LogP) is 4.27. The summed E-state index contributed by atoms with van der Waals surface area (Å²) in [6.45, 7) is 8.55. The Kier molecular flexibility index (Phi) is 4.39. The molecule has 1 aliphatic rings. The zero-order valence-electron chi connectivity index (χ0n) is 13.7. The quantitative estimate of drug-likeness (QED) is 0.918. The highest BCUT2D eigenvalue weighted by molar-refractivity contribution is 7.19. The Hall–Kier alpha value is -1.55. The fraction of sp³-hybridized carbons (Fsp3) is 0.500. The van der Waals surface area contributed by atoms with E-state index in [0.717, 1.165) is 17.7 Å². The minimum Gasteiger partial charge on any atom is -0.363 e. The summed E-state index contributed by atoms with van der Waals surface area (Å²) in [5, 5.41) is 1.37. The molecule has 0 unspecified atom stereocenters. The molecule has 0 aromatic carbocycles. The molecule has 0 atom stereocenters. The Morgan fingerprint density at radius 1 is 1.18 bits per heavy atom. The van der Waals surface area contributed by atoms with E-state index in [-0.39, 0.29) is 5.56 Å². The Bertz CT molecular complexity index is 723. The van der Waals surface area contributed by atoms with Crippen molar-refractivity contribution in [1.29, 1.82) is 0 Å². The first kappa shape index (κ1) is 15.3. The van der Waals surface area contributed by atoms with Gasteiger partial charge in [-0.25, -0.2) is 0 Å². The molecular weight excluding hydrogens is 292 g/mol. The average molecular weight is 316 g/mol. The van der Waals surface area contributed by atoms with Gasteiger partial charge in [0.2, 0.25) is 0 Å². The van der Waals surface area contributed by atoms with Gasteiger partial charge in [0.05, 0.1) is 5.00 Å². The van der Waals surface area contributed by atoms with E-state index < -0.39 is 0 Å². The summed E-state index contributed by atoms with van der Waals surface area (Å²) in [5.74, 6) is 0. The summed E-state index contributed by atoms with van der Waals surface area (Å²) in [6, 6.07) is 4.38. The van der Waals surface area contributed by atoms with Crippen molar-refractivity contribution in [3.05, 3.63) is 39.3 Å². The fourth-order valence-corrected chi connectivity index (χ4v) is 4.47. The van der Waals surface area contributed by atoms with E-state index in [1.54, 1.807) is 0 Å². The Labute approximate surface area is 136 Å². The first-order chi connectivity index (χ1) is 10.6. The van der Waals surface area contributed by atoms with Crippen LogP contribution in [0.2, 0.25) is 0 Å². The molecule has 3 nitrogen and oxygen atoms in total. The van der Waals surface area contributed by atoms with Crippen LogP contribution in [-0.4, -0.2) is 18.1 Å². The number of hydrogen-bond donors (Lipinski definition) is 1. The number of aromatic amines is 1. The molecule has 2 aromatic heterocycles. The van der Waals surface area contributed by atoms with E-state index in [1.165, 1.54) is 53.4 Å². The zero-order valence-corrected chi connectivity index (χ0v) is 14.5. The van der Waals surface area contributed by atoms with Gasteiger partial charge in [-0.05, 0) is 57.2 Å². The molecule has 22 heavy (non-hydrogen) atoms. The van der Waals surface area contributed by atoms with Crippen LogP contribution in [0.4, 0.5) is 5.00 Å². The Balaban J connectivity index is 2.01. The maximum atomic E-state index is 11.9. The number of pyridine rings is 1. The minimum atomic E-state index is 0.0502. The van der Waals surface area contributed by atoms with Crippen LogP contribution in [0, 0.1) is 13.8 Å². The van der Waals surface area contributed by atoms with Crippen LogP contribution in [0.1, 0.15) is 43.0 Å². The second-order valence-electron chi connectivity index (χ2n) is 6.16. The van der Waals surface area contributed by atoms with Crippen LogP contribution >= 0.6 is 11.3 Å². The van der Waals surface area contributed by atoms with Gasteiger partial charge in [-0.3, -0.25) is 4.79 Å². The third kappa shape index (κ3) is 2.84. The van der Waals surface area contributed by atoms with Crippen LogP contribution in [0.25, 0.3) is 10.4 Å². The number of aryl methyl sites for hydroxylation is 3. The van der Waals surface area contributed by atoms with E-state index in [0.29, 0.717) is 0 Å². The third-order valence-corrected chi connectivity index (χ3v) is 5.84. The molecule has 3 heterocycles. The SMILES string of the molecule is CCc1cc(-c2sc(N3CCCCC3)cc2C)c(C)[nH]c1=O. The lowest BCUT2D eigenvalue weighted by Gasteiger charge is -2.27. The van der Waals surface area contributed by atoms with Crippen molar-refractivity contribution in [2.45, 2.75) is 46.5 Å². The molecule has 0 aliphatic carbocycles. The summed E-state index contributed by atoms with van der Waals surface area (Å²) in [4.78, 5) is 18.7. The Morgan fingerprint density at radius 2 is 1.91 bits per heavy atom. The van der Waals surface area contributed by atoms with Gasteiger partial charge in [0.15, 0.2) is 0 Å². The molecule has 0 amide bonds. The maximum absolute atomic E-state index is 11.9.